The largest absolute Gasteiger partial charge is 0.381 e. The van der Waals surface area contributed by atoms with Gasteiger partial charge in [-0.2, -0.15) is 0 Å². The lowest BCUT2D eigenvalue weighted by Gasteiger charge is -2.01. The first kappa shape index (κ1) is 7.01. The molecule has 1 unspecified atom stereocenters. The second kappa shape index (κ2) is 2.66. The first-order valence-corrected chi connectivity index (χ1v) is 3.09. The number of hydrogen-bond acceptors (Lipinski definition) is 4. The fourth-order valence-corrected chi connectivity index (χ4v) is 0.698. The van der Waals surface area contributed by atoms with Gasteiger partial charge in [-0.25, -0.2) is 4.68 Å². The van der Waals surface area contributed by atoms with E-state index in [1.807, 2.05) is 6.92 Å². The van der Waals surface area contributed by atoms with Crippen molar-refractivity contribution in [1.82, 2.24) is 15.0 Å². The highest BCUT2D eigenvalue weighted by atomic mass is 15.4. The summed E-state index contributed by atoms with van der Waals surface area (Å²) in [7, 11) is 0. The predicted molar refractivity (Wildman–Crippen MR) is 38.1 cm³/mol. The van der Waals surface area contributed by atoms with Crippen LogP contribution in [0.1, 0.15) is 6.92 Å². The summed E-state index contributed by atoms with van der Waals surface area (Å²) in [6, 6.07) is 0.0844. The zero-order chi connectivity index (χ0) is 7.56. The fourth-order valence-electron chi connectivity index (χ4n) is 0.698. The Labute approximate surface area is 59.0 Å². The Hall–Kier alpha value is -1.10. The molecule has 5 heteroatoms. The smallest absolute Gasteiger partial charge is 0.165 e. The van der Waals surface area contributed by atoms with Gasteiger partial charge in [0.25, 0.3) is 0 Å². The Morgan fingerprint density at radius 3 is 2.90 bits per heavy atom. The number of hydrogen-bond donors (Lipinski definition) is 2. The fraction of sp³-hybridized carbons (Fsp3) is 0.600. The third kappa shape index (κ3) is 1.70. The highest BCUT2D eigenvalue weighted by molar-refractivity contribution is 5.19. The molecule has 0 aliphatic rings. The Morgan fingerprint density at radius 1 is 1.80 bits per heavy atom. The minimum absolute atomic E-state index is 0.0844. The van der Waals surface area contributed by atoms with E-state index < -0.39 is 0 Å². The number of rotatable bonds is 2. The van der Waals surface area contributed by atoms with Gasteiger partial charge in [0.15, 0.2) is 5.82 Å². The summed E-state index contributed by atoms with van der Waals surface area (Å²) in [6.07, 6.45) is 1.66. The molecule has 0 radical (unpaired) electrons. The first-order valence-electron chi connectivity index (χ1n) is 3.09. The number of aromatic nitrogens is 3. The minimum Gasteiger partial charge on any atom is -0.381 e. The topological polar surface area (TPSA) is 82.8 Å². The first-order chi connectivity index (χ1) is 4.68. The summed E-state index contributed by atoms with van der Waals surface area (Å²) in [6.45, 7) is 2.56. The van der Waals surface area contributed by atoms with E-state index in [0.717, 1.165) is 0 Å². The Kier molecular flexibility index (Phi) is 1.86. The Bertz CT molecular complexity index is 204. The van der Waals surface area contributed by atoms with Gasteiger partial charge in [0.1, 0.15) is 0 Å². The van der Waals surface area contributed by atoms with Gasteiger partial charge in [0, 0.05) is 6.04 Å². The number of nitrogens with zero attached hydrogens (tertiary/aromatic N) is 3. The van der Waals surface area contributed by atoms with E-state index >= 15 is 0 Å². The van der Waals surface area contributed by atoms with Crippen LogP contribution < -0.4 is 11.5 Å². The molecular weight excluding hydrogens is 130 g/mol. The molecule has 0 saturated heterocycles. The maximum Gasteiger partial charge on any atom is 0.165 e. The molecule has 1 atom stereocenters. The normalized spacial score (nSPS) is 13.4. The molecule has 1 rings (SSSR count). The van der Waals surface area contributed by atoms with Crippen LogP contribution in [0.2, 0.25) is 0 Å². The predicted octanol–water partition coefficient (Wildman–Crippen LogP) is -0.792. The van der Waals surface area contributed by atoms with Crippen molar-refractivity contribution < 1.29 is 0 Å². The zero-order valence-electron chi connectivity index (χ0n) is 5.86. The monoisotopic (exact) mass is 141 g/mol. The zero-order valence-corrected chi connectivity index (χ0v) is 5.86. The molecule has 0 spiro atoms. The standard InChI is InChI=1S/C5H11N5/c1-4(6)2-10-3-5(7)8-9-10/h3-4H,2,6-7H2,1H3. The van der Waals surface area contributed by atoms with E-state index in [-0.39, 0.29) is 6.04 Å². The van der Waals surface area contributed by atoms with Crippen LogP contribution in [0, 0.1) is 0 Å². The van der Waals surface area contributed by atoms with Gasteiger partial charge in [-0.05, 0) is 6.92 Å². The molecule has 1 aromatic rings. The van der Waals surface area contributed by atoms with Gasteiger partial charge in [-0.15, -0.1) is 5.10 Å². The van der Waals surface area contributed by atoms with Crippen molar-refractivity contribution >= 4 is 5.82 Å². The maximum absolute atomic E-state index is 5.50. The molecule has 0 amide bonds. The van der Waals surface area contributed by atoms with Crippen molar-refractivity contribution in [3.05, 3.63) is 6.20 Å². The Balaban J connectivity index is 2.58. The SMILES string of the molecule is CC(N)Cn1cc(N)nn1. The van der Waals surface area contributed by atoms with Crippen LogP contribution in [0.5, 0.6) is 0 Å². The summed E-state index contributed by atoms with van der Waals surface area (Å²) >= 11 is 0. The quantitative estimate of drug-likeness (QED) is 0.565. The second-order valence-corrected chi connectivity index (χ2v) is 2.34. The minimum atomic E-state index is 0.0844. The molecule has 4 N–H and O–H groups in total. The molecule has 1 aromatic heterocycles. The molecule has 10 heavy (non-hydrogen) atoms. The summed E-state index contributed by atoms with van der Waals surface area (Å²) in [5.74, 6) is 0.431. The van der Waals surface area contributed by atoms with Crippen LogP contribution in [-0.2, 0) is 6.54 Å². The van der Waals surface area contributed by atoms with Crippen molar-refractivity contribution in [2.75, 3.05) is 5.73 Å². The van der Waals surface area contributed by atoms with E-state index in [9.17, 15) is 0 Å². The summed E-state index contributed by atoms with van der Waals surface area (Å²) < 4.78 is 1.62. The van der Waals surface area contributed by atoms with Crippen molar-refractivity contribution in [2.24, 2.45) is 5.73 Å². The molecule has 0 aromatic carbocycles. The molecular formula is C5H11N5. The molecule has 0 aliphatic heterocycles. The van der Waals surface area contributed by atoms with Crippen LogP contribution >= 0.6 is 0 Å². The Morgan fingerprint density at radius 2 is 2.50 bits per heavy atom. The van der Waals surface area contributed by atoms with Crippen LogP contribution in [0.3, 0.4) is 0 Å². The molecule has 0 saturated carbocycles. The highest BCUT2D eigenvalue weighted by Gasteiger charge is 1.97. The van der Waals surface area contributed by atoms with Gasteiger partial charge in [-0.3, -0.25) is 0 Å². The van der Waals surface area contributed by atoms with Crippen LogP contribution in [-0.4, -0.2) is 21.0 Å². The van der Waals surface area contributed by atoms with E-state index in [1.165, 1.54) is 0 Å². The van der Waals surface area contributed by atoms with Crippen molar-refractivity contribution in [3.8, 4) is 0 Å². The average Bonchev–Trinajstić information content (AvgIpc) is 2.13. The molecule has 0 bridgehead atoms. The van der Waals surface area contributed by atoms with Gasteiger partial charge in [-0.1, -0.05) is 5.21 Å². The molecule has 0 aliphatic carbocycles. The summed E-state index contributed by atoms with van der Waals surface area (Å²) in [5.41, 5.74) is 10.8. The van der Waals surface area contributed by atoms with Crippen molar-refractivity contribution in [1.29, 1.82) is 0 Å². The maximum atomic E-state index is 5.50. The van der Waals surface area contributed by atoms with Gasteiger partial charge in [0.05, 0.1) is 12.7 Å². The van der Waals surface area contributed by atoms with Crippen LogP contribution in [0.25, 0.3) is 0 Å². The molecule has 56 valence electrons. The highest BCUT2D eigenvalue weighted by Crippen LogP contribution is 1.92. The van der Waals surface area contributed by atoms with Gasteiger partial charge < -0.3 is 11.5 Å². The van der Waals surface area contributed by atoms with Crippen LogP contribution in [0.15, 0.2) is 6.20 Å². The van der Waals surface area contributed by atoms with Crippen molar-refractivity contribution in [2.45, 2.75) is 19.5 Å². The number of nitrogens with two attached hydrogens (primary N) is 2. The number of nitrogen functional groups attached to an aromatic ring is 1. The lowest BCUT2D eigenvalue weighted by Crippen LogP contribution is -2.22. The van der Waals surface area contributed by atoms with Crippen LogP contribution in [0.4, 0.5) is 5.82 Å². The van der Waals surface area contributed by atoms with E-state index in [4.69, 9.17) is 11.5 Å². The van der Waals surface area contributed by atoms with E-state index in [1.54, 1.807) is 10.9 Å². The summed E-state index contributed by atoms with van der Waals surface area (Å²) in [5, 5.41) is 7.32. The third-order valence-corrected chi connectivity index (χ3v) is 1.03. The van der Waals surface area contributed by atoms with Crippen molar-refractivity contribution in [3.63, 3.8) is 0 Å². The molecule has 0 fully saturated rings. The lowest BCUT2D eigenvalue weighted by molar-refractivity contribution is 0.523. The molecule has 5 nitrogen and oxygen atoms in total. The third-order valence-electron chi connectivity index (χ3n) is 1.03. The lowest BCUT2D eigenvalue weighted by atomic mass is 10.4. The second-order valence-electron chi connectivity index (χ2n) is 2.34. The van der Waals surface area contributed by atoms with Gasteiger partial charge in [0.2, 0.25) is 0 Å². The average molecular weight is 141 g/mol. The van der Waals surface area contributed by atoms with E-state index in [2.05, 4.69) is 10.3 Å². The summed E-state index contributed by atoms with van der Waals surface area (Å²) in [4.78, 5) is 0. The van der Waals surface area contributed by atoms with Gasteiger partial charge >= 0.3 is 0 Å². The van der Waals surface area contributed by atoms with E-state index in [0.29, 0.717) is 12.4 Å². The molecule has 1 heterocycles. The number of anilines is 1.